The zero-order chi connectivity index (χ0) is 4.50. The van der Waals surface area contributed by atoms with Gasteiger partial charge in [-0.1, -0.05) is 0 Å². The summed E-state index contributed by atoms with van der Waals surface area (Å²) < 4.78 is 8.55. The quantitative estimate of drug-likeness (QED) is 0.282. The molecule has 0 saturated carbocycles. The Morgan fingerprint density at radius 1 is 1.14 bits per heavy atom. The smallest absolute Gasteiger partial charge is 0.822 e. The Kier molecular flexibility index (Phi) is 12.4. The summed E-state index contributed by atoms with van der Waals surface area (Å²) in [5.41, 5.74) is 0. The van der Waals surface area contributed by atoms with Gasteiger partial charge in [-0.25, -0.2) is 0 Å². The van der Waals surface area contributed by atoms with Crippen molar-refractivity contribution in [3.8, 4) is 0 Å². The molecule has 0 heterocycles. The average Bonchev–Trinajstić information content (AvgIpc) is 0.722. The van der Waals surface area contributed by atoms with Crippen molar-refractivity contribution in [1.29, 1.82) is 0 Å². The third kappa shape index (κ3) is 115. The largest absolute Gasteiger partial charge is 3.00 e. The molecule has 0 atom stereocenters. The first-order valence-electron chi connectivity index (χ1n) is 0.730. The predicted molar refractivity (Wildman–Crippen MR) is 13.4 cm³/mol. The second kappa shape index (κ2) is 5.49. The summed E-state index contributed by atoms with van der Waals surface area (Å²) in [5.74, 6) is 0. The minimum atomic E-state index is -5.39. The first-order valence-corrected chi connectivity index (χ1v) is 2.19. The Morgan fingerprint density at radius 2 is 1.14 bits per heavy atom. The molecular formula is AlO4PTi. The molecule has 0 rings (SSSR count). The van der Waals surface area contributed by atoms with Crippen LogP contribution in [0.25, 0.3) is 0 Å². The third-order valence-corrected chi connectivity index (χ3v) is 0. The van der Waals surface area contributed by atoms with E-state index >= 15 is 0 Å². The zero-order valence-electron chi connectivity index (χ0n) is 3.16. The van der Waals surface area contributed by atoms with Crippen molar-refractivity contribution >= 4 is 25.2 Å². The van der Waals surface area contributed by atoms with Gasteiger partial charge < -0.3 is 19.2 Å². The van der Waals surface area contributed by atoms with E-state index in [9.17, 15) is 0 Å². The van der Waals surface area contributed by atoms with Crippen molar-refractivity contribution in [2.45, 2.75) is 0 Å². The molecule has 7 heavy (non-hydrogen) atoms. The number of rotatable bonds is 0. The monoisotopic (exact) mass is 170 g/mol. The standard InChI is InChI=1S/Al.H3O4P.Ti/c;1-5(2,3)4;/h;(H3,1,2,3,4);/q+3;;/p-3. The molecule has 0 aromatic carbocycles. The molecule has 0 unspecified atom stereocenters. The molecule has 0 bridgehead atoms. The van der Waals surface area contributed by atoms with Crippen LogP contribution in [0, 0.1) is 0 Å². The van der Waals surface area contributed by atoms with Crippen LogP contribution in [0.3, 0.4) is 0 Å². The van der Waals surface area contributed by atoms with Crippen LogP contribution >= 0.6 is 7.82 Å². The molecule has 0 N–H and O–H groups in total. The molecule has 0 aliphatic rings. The van der Waals surface area contributed by atoms with Crippen LogP contribution in [0.1, 0.15) is 0 Å². The van der Waals surface area contributed by atoms with E-state index in [4.69, 9.17) is 19.2 Å². The first-order chi connectivity index (χ1) is 2.00. The van der Waals surface area contributed by atoms with Gasteiger partial charge in [0, 0.05) is 21.7 Å². The van der Waals surface area contributed by atoms with Gasteiger partial charge in [-0.05, 0) is 0 Å². The van der Waals surface area contributed by atoms with Crippen molar-refractivity contribution < 1.29 is 41.0 Å². The molecule has 0 aromatic rings. The van der Waals surface area contributed by atoms with Crippen LogP contribution < -0.4 is 14.7 Å². The van der Waals surface area contributed by atoms with Gasteiger partial charge in [-0.3, -0.25) is 0 Å². The van der Waals surface area contributed by atoms with Crippen molar-refractivity contribution in [3.63, 3.8) is 0 Å². The van der Waals surface area contributed by atoms with Gasteiger partial charge in [-0.2, -0.15) is 7.82 Å². The normalized spacial score (nSPS) is 8.43. The van der Waals surface area contributed by atoms with E-state index in [1.807, 2.05) is 0 Å². The van der Waals surface area contributed by atoms with Crippen LogP contribution in [0.15, 0.2) is 0 Å². The minimum absolute atomic E-state index is 0. The SMILES string of the molecule is O=P([O-])([O-])[O-].[Al+3].[Ti]. The van der Waals surface area contributed by atoms with Crippen molar-refractivity contribution in [2.75, 3.05) is 0 Å². The summed E-state index contributed by atoms with van der Waals surface area (Å²) in [4.78, 5) is 25.6. The first kappa shape index (κ1) is 15.8. The van der Waals surface area contributed by atoms with E-state index in [0.717, 1.165) is 0 Å². The summed E-state index contributed by atoms with van der Waals surface area (Å²) in [5, 5.41) is 0. The maximum Gasteiger partial charge on any atom is 3.00 e. The second-order valence-corrected chi connectivity index (χ2v) is 1.34. The van der Waals surface area contributed by atoms with Gasteiger partial charge >= 0.3 is 17.4 Å². The van der Waals surface area contributed by atoms with Gasteiger partial charge in [0.05, 0.1) is 0 Å². The summed E-state index contributed by atoms with van der Waals surface area (Å²) >= 11 is 0. The maximum atomic E-state index is 8.55. The minimum Gasteiger partial charge on any atom is -0.822 e. The van der Waals surface area contributed by atoms with Crippen molar-refractivity contribution in [1.82, 2.24) is 0 Å². The van der Waals surface area contributed by atoms with E-state index < -0.39 is 7.82 Å². The third-order valence-electron chi connectivity index (χ3n) is 0. The Morgan fingerprint density at radius 3 is 1.14 bits per heavy atom. The van der Waals surface area contributed by atoms with Crippen LogP contribution in [-0.4, -0.2) is 17.4 Å². The molecule has 0 radical (unpaired) electrons. The number of hydrogen-bond donors (Lipinski definition) is 0. The molecule has 0 aliphatic heterocycles. The molecule has 0 aromatic heterocycles. The molecular weight excluding hydrogens is 170 g/mol. The van der Waals surface area contributed by atoms with Crippen LogP contribution in [0.4, 0.5) is 0 Å². The zero-order valence-corrected chi connectivity index (χ0v) is 6.77. The predicted octanol–water partition coefficient (Wildman–Crippen LogP) is -3.21. The molecule has 0 amide bonds. The van der Waals surface area contributed by atoms with Crippen LogP contribution in [0.2, 0.25) is 0 Å². The Hall–Kier alpha value is 1.36. The molecule has 0 fully saturated rings. The fourth-order valence-electron chi connectivity index (χ4n) is 0. The van der Waals surface area contributed by atoms with Gasteiger partial charge in [0.1, 0.15) is 0 Å². The van der Waals surface area contributed by atoms with E-state index in [2.05, 4.69) is 0 Å². The van der Waals surface area contributed by atoms with Gasteiger partial charge in [0.15, 0.2) is 0 Å². The molecule has 0 spiro atoms. The molecule has 7 heteroatoms. The van der Waals surface area contributed by atoms with Gasteiger partial charge in [0.2, 0.25) is 0 Å². The molecule has 4 nitrogen and oxygen atoms in total. The summed E-state index contributed by atoms with van der Waals surface area (Å²) in [7, 11) is -5.39. The fraction of sp³-hybridized carbons (Fsp3) is 0. The van der Waals surface area contributed by atoms with E-state index in [-0.39, 0.29) is 39.1 Å². The fourth-order valence-corrected chi connectivity index (χ4v) is 0. The Bertz CT molecular complexity index is 57.8. The average molecular weight is 170 g/mol. The topological polar surface area (TPSA) is 86.2 Å². The van der Waals surface area contributed by atoms with E-state index in [0.29, 0.717) is 0 Å². The summed E-state index contributed by atoms with van der Waals surface area (Å²) in [6.07, 6.45) is 0. The summed E-state index contributed by atoms with van der Waals surface area (Å²) in [6.45, 7) is 0. The van der Waals surface area contributed by atoms with Crippen LogP contribution in [0.5, 0.6) is 0 Å². The second-order valence-electron chi connectivity index (χ2n) is 0.447. The Balaban J connectivity index is -0.0000000800. The Labute approximate surface area is 66.2 Å². The molecule has 36 valence electrons. The summed E-state index contributed by atoms with van der Waals surface area (Å²) in [6, 6.07) is 0. The van der Waals surface area contributed by atoms with E-state index in [1.54, 1.807) is 0 Å². The van der Waals surface area contributed by atoms with E-state index in [1.165, 1.54) is 0 Å². The number of phosphoric acid groups is 1. The van der Waals surface area contributed by atoms with Crippen molar-refractivity contribution in [3.05, 3.63) is 0 Å². The van der Waals surface area contributed by atoms with Gasteiger partial charge in [0.25, 0.3) is 0 Å². The molecule has 0 aliphatic carbocycles. The van der Waals surface area contributed by atoms with Crippen molar-refractivity contribution in [2.24, 2.45) is 0 Å². The van der Waals surface area contributed by atoms with Crippen LogP contribution in [-0.2, 0) is 26.3 Å². The number of hydrogen-bond acceptors (Lipinski definition) is 4. The molecule has 0 saturated heterocycles. The maximum absolute atomic E-state index is 8.55. The van der Waals surface area contributed by atoms with Gasteiger partial charge in [-0.15, -0.1) is 0 Å².